The molecule has 7 nitrogen and oxygen atoms in total. The lowest BCUT2D eigenvalue weighted by Crippen LogP contribution is -2.16. The van der Waals surface area contributed by atoms with E-state index in [1.165, 1.54) is 30.3 Å². The molecule has 152 valence electrons. The molecule has 0 heterocycles. The molecule has 0 atom stereocenters. The van der Waals surface area contributed by atoms with Gasteiger partial charge in [-0.25, -0.2) is 13.2 Å². The largest absolute Gasteiger partial charge is 0.573 e. The van der Waals surface area contributed by atoms with E-state index in [-0.39, 0.29) is 29.4 Å². The fourth-order valence-corrected chi connectivity index (χ4v) is 2.66. The highest BCUT2D eigenvalue weighted by Crippen LogP contribution is 2.31. The maximum absolute atomic E-state index is 12.2. The van der Waals surface area contributed by atoms with Gasteiger partial charge >= 0.3 is 12.3 Å². The van der Waals surface area contributed by atoms with Crippen molar-refractivity contribution in [1.82, 2.24) is 0 Å². The number of halogens is 3. The first-order valence-electron chi connectivity index (χ1n) is 7.79. The van der Waals surface area contributed by atoms with E-state index in [9.17, 15) is 26.4 Å². The molecule has 0 aromatic heterocycles. The van der Waals surface area contributed by atoms with E-state index in [1.807, 2.05) is 0 Å². The molecule has 0 amide bonds. The van der Waals surface area contributed by atoms with Gasteiger partial charge in [-0.3, -0.25) is 4.72 Å². The molecule has 0 saturated carbocycles. The molecule has 2 aromatic rings. The van der Waals surface area contributed by atoms with Crippen LogP contribution in [0.15, 0.2) is 42.5 Å². The molecule has 0 aliphatic carbocycles. The minimum absolute atomic E-state index is 0.0296. The maximum Gasteiger partial charge on any atom is 0.573 e. The van der Waals surface area contributed by atoms with Gasteiger partial charge in [-0.05, 0) is 49.4 Å². The number of rotatable bonds is 7. The number of benzene rings is 2. The Morgan fingerprint density at radius 1 is 1.07 bits per heavy atom. The van der Waals surface area contributed by atoms with Crippen LogP contribution in [0.3, 0.4) is 0 Å². The monoisotopic (exact) mass is 419 g/mol. The van der Waals surface area contributed by atoms with Crippen LogP contribution in [0.1, 0.15) is 17.3 Å². The second kappa shape index (κ2) is 8.38. The minimum atomic E-state index is -4.82. The van der Waals surface area contributed by atoms with Crippen LogP contribution in [-0.4, -0.2) is 33.6 Å². The predicted octanol–water partition coefficient (Wildman–Crippen LogP) is 3.93. The molecule has 0 radical (unpaired) electrons. The smallest absolute Gasteiger partial charge is 0.462 e. The Morgan fingerprint density at radius 3 is 2.21 bits per heavy atom. The lowest BCUT2D eigenvalue weighted by molar-refractivity contribution is -0.274. The third kappa shape index (κ3) is 6.65. The van der Waals surface area contributed by atoms with Crippen LogP contribution < -0.4 is 14.2 Å². The molecule has 0 aliphatic heterocycles. The SMILES string of the molecule is CCOC(=O)c1cc(NS(C)(=O)=O)ccc1Oc1ccc(OC(F)(F)F)cc1. The highest BCUT2D eigenvalue weighted by Gasteiger charge is 2.31. The normalized spacial score (nSPS) is 11.6. The van der Waals surface area contributed by atoms with E-state index in [0.717, 1.165) is 18.4 Å². The van der Waals surface area contributed by atoms with Crippen LogP contribution in [0.5, 0.6) is 17.2 Å². The summed E-state index contributed by atoms with van der Waals surface area (Å²) in [6.07, 6.45) is -3.87. The van der Waals surface area contributed by atoms with Crippen molar-refractivity contribution in [3.8, 4) is 17.2 Å². The molecule has 1 N–H and O–H groups in total. The van der Waals surface area contributed by atoms with Gasteiger partial charge in [-0.2, -0.15) is 0 Å². The number of esters is 1. The molecule has 0 unspecified atom stereocenters. The second-order valence-electron chi connectivity index (χ2n) is 5.43. The maximum atomic E-state index is 12.2. The Balaban J connectivity index is 2.29. The molecule has 0 spiro atoms. The number of hydrogen-bond donors (Lipinski definition) is 1. The van der Waals surface area contributed by atoms with Crippen molar-refractivity contribution >= 4 is 21.7 Å². The molecule has 11 heteroatoms. The van der Waals surface area contributed by atoms with Crippen molar-refractivity contribution in [3.05, 3.63) is 48.0 Å². The summed E-state index contributed by atoms with van der Waals surface area (Å²) in [7, 11) is -3.57. The summed E-state index contributed by atoms with van der Waals surface area (Å²) in [5, 5.41) is 0. The lowest BCUT2D eigenvalue weighted by Gasteiger charge is -2.13. The fourth-order valence-electron chi connectivity index (χ4n) is 2.10. The number of ether oxygens (including phenoxy) is 3. The van der Waals surface area contributed by atoms with Gasteiger partial charge in [0.15, 0.2) is 0 Å². The van der Waals surface area contributed by atoms with Gasteiger partial charge in [-0.15, -0.1) is 13.2 Å². The molecule has 2 aromatic carbocycles. The number of carbonyl (C=O) groups is 1. The van der Waals surface area contributed by atoms with E-state index in [1.54, 1.807) is 6.92 Å². The number of alkyl halides is 3. The van der Waals surface area contributed by atoms with E-state index in [4.69, 9.17) is 9.47 Å². The van der Waals surface area contributed by atoms with Crippen LogP contribution in [0.4, 0.5) is 18.9 Å². The molecular weight excluding hydrogens is 403 g/mol. The van der Waals surface area contributed by atoms with E-state index in [2.05, 4.69) is 9.46 Å². The van der Waals surface area contributed by atoms with Crippen molar-refractivity contribution in [1.29, 1.82) is 0 Å². The van der Waals surface area contributed by atoms with Crippen LogP contribution in [-0.2, 0) is 14.8 Å². The molecule has 2 rings (SSSR count). The van der Waals surface area contributed by atoms with Crippen molar-refractivity contribution in [2.45, 2.75) is 13.3 Å². The topological polar surface area (TPSA) is 90.9 Å². The highest BCUT2D eigenvalue weighted by atomic mass is 32.2. The predicted molar refractivity (Wildman–Crippen MR) is 94.1 cm³/mol. The fraction of sp³-hybridized carbons (Fsp3) is 0.235. The lowest BCUT2D eigenvalue weighted by atomic mass is 10.2. The van der Waals surface area contributed by atoms with Crippen LogP contribution in [0.25, 0.3) is 0 Å². The molecule has 0 bridgehead atoms. The summed E-state index contributed by atoms with van der Waals surface area (Å²) in [4.78, 5) is 12.2. The summed E-state index contributed by atoms with van der Waals surface area (Å²) < 4.78 is 75.8. The first kappa shape index (κ1) is 21.4. The van der Waals surface area contributed by atoms with Crippen molar-refractivity contribution in [2.75, 3.05) is 17.6 Å². The number of nitrogens with one attached hydrogen (secondary N) is 1. The van der Waals surface area contributed by atoms with E-state index in [0.29, 0.717) is 0 Å². The van der Waals surface area contributed by atoms with Crippen LogP contribution >= 0.6 is 0 Å². The quantitative estimate of drug-likeness (QED) is 0.684. The van der Waals surface area contributed by atoms with Gasteiger partial charge in [-0.1, -0.05) is 0 Å². The van der Waals surface area contributed by atoms with Crippen LogP contribution in [0, 0.1) is 0 Å². The zero-order chi connectivity index (χ0) is 20.9. The van der Waals surface area contributed by atoms with Crippen molar-refractivity contribution < 1.29 is 40.6 Å². The Labute approximate surface area is 159 Å². The summed E-state index contributed by atoms with van der Waals surface area (Å²) in [5.41, 5.74) is 0.0537. The standard InChI is InChI=1S/C17H16F3NO6S/c1-3-25-16(22)14-10-11(21-28(2,23)24)4-9-15(14)26-12-5-7-13(8-6-12)27-17(18,19)20/h4-10,21H,3H2,1-2H3. The van der Waals surface area contributed by atoms with E-state index < -0.39 is 28.1 Å². The van der Waals surface area contributed by atoms with Gasteiger partial charge in [0.2, 0.25) is 10.0 Å². The number of anilines is 1. The van der Waals surface area contributed by atoms with Crippen molar-refractivity contribution in [3.63, 3.8) is 0 Å². The Hall–Kier alpha value is -2.95. The minimum Gasteiger partial charge on any atom is -0.462 e. The summed E-state index contributed by atoms with van der Waals surface area (Å²) in [5.74, 6) is -1.03. The molecule has 0 aliphatic rings. The summed E-state index contributed by atoms with van der Waals surface area (Å²) in [6, 6.07) is 8.46. The first-order chi connectivity index (χ1) is 13.0. The van der Waals surface area contributed by atoms with E-state index >= 15 is 0 Å². The van der Waals surface area contributed by atoms with Gasteiger partial charge in [0.05, 0.1) is 12.9 Å². The zero-order valence-corrected chi connectivity index (χ0v) is 15.6. The third-order valence-corrected chi connectivity index (χ3v) is 3.67. The number of hydrogen-bond acceptors (Lipinski definition) is 6. The molecule has 0 saturated heterocycles. The van der Waals surface area contributed by atoms with Gasteiger partial charge in [0.1, 0.15) is 22.8 Å². The Morgan fingerprint density at radius 2 is 1.68 bits per heavy atom. The second-order valence-corrected chi connectivity index (χ2v) is 7.18. The van der Waals surface area contributed by atoms with Crippen LogP contribution in [0.2, 0.25) is 0 Å². The molecule has 0 fully saturated rings. The molecule has 28 heavy (non-hydrogen) atoms. The Bertz CT molecular complexity index is 942. The average molecular weight is 419 g/mol. The highest BCUT2D eigenvalue weighted by molar-refractivity contribution is 7.92. The summed E-state index contributed by atoms with van der Waals surface area (Å²) in [6.45, 7) is 1.67. The number of carbonyl (C=O) groups excluding carboxylic acids is 1. The van der Waals surface area contributed by atoms with Gasteiger partial charge in [0.25, 0.3) is 0 Å². The average Bonchev–Trinajstić information content (AvgIpc) is 2.55. The molecular formula is C17H16F3NO6S. The Kier molecular flexibility index (Phi) is 6.39. The van der Waals surface area contributed by atoms with Gasteiger partial charge < -0.3 is 14.2 Å². The van der Waals surface area contributed by atoms with Crippen molar-refractivity contribution in [2.24, 2.45) is 0 Å². The third-order valence-electron chi connectivity index (χ3n) is 3.06. The summed E-state index contributed by atoms with van der Waals surface area (Å²) >= 11 is 0. The first-order valence-corrected chi connectivity index (χ1v) is 9.68. The zero-order valence-electron chi connectivity index (χ0n) is 14.7. The number of sulfonamides is 1. The van der Waals surface area contributed by atoms with Gasteiger partial charge in [0, 0.05) is 5.69 Å².